The quantitative estimate of drug-likeness (QED) is 0.639. The lowest BCUT2D eigenvalue weighted by atomic mass is 10.0. The van der Waals surface area contributed by atoms with Crippen molar-refractivity contribution in [2.45, 2.75) is 20.0 Å². The van der Waals surface area contributed by atoms with Crippen LogP contribution in [0.25, 0.3) is 0 Å². The number of Topliss-reactive ketones (excluding diaryl/α,β-unsaturated/α-hetero) is 1. The number of benzene rings is 1. The van der Waals surface area contributed by atoms with Crippen LogP contribution in [0.5, 0.6) is 0 Å². The minimum absolute atomic E-state index is 0.0743. The number of hydrogen-bond donors (Lipinski definition) is 0. The van der Waals surface area contributed by atoms with E-state index in [2.05, 4.69) is 0 Å². The highest BCUT2D eigenvalue weighted by atomic mass is 19.4. The van der Waals surface area contributed by atoms with Gasteiger partial charge in [0, 0.05) is 5.56 Å². The minimum Gasteiger partial charge on any atom is -0.295 e. The van der Waals surface area contributed by atoms with Gasteiger partial charge in [-0.1, -0.05) is 6.07 Å². The maximum atomic E-state index is 12.3. The molecule has 0 bridgehead atoms. The van der Waals surface area contributed by atoms with Gasteiger partial charge in [-0.2, -0.15) is 13.2 Å². The zero-order valence-corrected chi connectivity index (χ0v) is 7.77. The molecule has 0 aliphatic heterocycles. The number of alkyl halides is 3. The molecule has 14 heavy (non-hydrogen) atoms. The number of carbonyl (C=O) groups is 1. The molecule has 0 heterocycles. The van der Waals surface area contributed by atoms with Gasteiger partial charge in [0.2, 0.25) is 0 Å². The highest BCUT2D eigenvalue weighted by Crippen LogP contribution is 2.31. The highest BCUT2D eigenvalue weighted by Gasteiger charge is 2.32. The molecule has 1 aromatic rings. The number of hydrogen-bond acceptors (Lipinski definition) is 1. The highest BCUT2D eigenvalue weighted by molar-refractivity contribution is 5.94. The maximum Gasteiger partial charge on any atom is 0.416 e. The summed E-state index contributed by atoms with van der Waals surface area (Å²) in [7, 11) is 0. The van der Waals surface area contributed by atoms with Gasteiger partial charge in [0.05, 0.1) is 5.56 Å². The molecule has 0 radical (unpaired) electrons. The van der Waals surface area contributed by atoms with E-state index in [9.17, 15) is 18.0 Å². The lowest BCUT2D eigenvalue weighted by Crippen LogP contribution is -2.08. The third-order valence-electron chi connectivity index (χ3n) is 1.94. The molecule has 0 saturated heterocycles. The summed E-state index contributed by atoms with van der Waals surface area (Å²) in [4.78, 5) is 10.9. The molecule has 1 nitrogen and oxygen atoms in total. The first-order valence-corrected chi connectivity index (χ1v) is 4.01. The van der Waals surface area contributed by atoms with E-state index in [-0.39, 0.29) is 11.3 Å². The Morgan fingerprint density at radius 3 is 2.21 bits per heavy atom. The largest absolute Gasteiger partial charge is 0.416 e. The Hall–Kier alpha value is -1.32. The molecular weight excluding hydrogens is 193 g/mol. The topological polar surface area (TPSA) is 17.1 Å². The number of ketones is 1. The second kappa shape index (κ2) is 3.44. The molecule has 0 atom stereocenters. The van der Waals surface area contributed by atoms with E-state index in [4.69, 9.17) is 0 Å². The van der Waals surface area contributed by atoms with E-state index in [1.165, 1.54) is 26.0 Å². The zero-order chi connectivity index (χ0) is 10.9. The van der Waals surface area contributed by atoms with Crippen molar-refractivity contribution >= 4 is 5.78 Å². The van der Waals surface area contributed by atoms with Gasteiger partial charge in [-0.15, -0.1) is 0 Å². The Morgan fingerprint density at radius 1 is 1.29 bits per heavy atom. The van der Waals surface area contributed by atoms with E-state index in [0.29, 0.717) is 5.56 Å². The summed E-state index contributed by atoms with van der Waals surface area (Å²) in [6.07, 6.45) is -4.35. The first-order chi connectivity index (χ1) is 6.32. The van der Waals surface area contributed by atoms with Gasteiger partial charge in [0.25, 0.3) is 0 Å². The van der Waals surface area contributed by atoms with Crippen LogP contribution in [0, 0.1) is 6.92 Å². The fourth-order valence-corrected chi connectivity index (χ4v) is 1.20. The molecule has 0 spiro atoms. The Morgan fingerprint density at radius 2 is 1.86 bits per heavy atom. The van der Waals surface area contributed by atoms with Gasteiger partial charge in [-0.25, -0.2) is 0 Å². The monoisotopic (exact) mass is 202 g/mol. The Bertz CT molecular complexity index is 366. The number of carbonyl (C=O) groups excluding carboxylic acids is 1. The average molecular weight is 202 g/mol. The number of aryl methyl sites for hydroxylation is 1. The van der Waals surface area contributed by atoms with E-state index in [1.54, 1.807) is 0 Å². The molecule has 0 saturated carbocycles. The third-order valence-corrected chi connectivity index (χ3v) is 1.94. The van der Waals surface area contributed by atoms with Crippen LogP contribution < -0.4 is 0 Å². The van der Waals surface area contributed by atoms with Crippen LogP contribution in [-0.2, 0) is 6.18 Å². The van der Waals surface area contributed by atoms with Crippen molar-refractivity contribution < 1.29 is 18.0 Å². The summed E-state index contributed by atoms with van der Waals surface area (Å²) in [5.74, 6) is -0.234. The van der Waals surface area contributed by atoms with Crippen molar-refractivity contribution in [1.82, 2.24) is 0 Å². The van der Waals surface area contributed by atoms with E-state index < -0.39 is 11.7 Å². The molecule has 0 unspecified atom stereocenters. The SMILES string of the molecule is CC(=O)c1ccc(C(F)(F)F)c(C)c1. The fraction of sp³-hybridized carbons (Fsp3) is 0.300. The predicted molar refractivity (Wildman–Crippen MR) is 46.2 cm³/mol. The molecule has 1 rings (SSSR count). The Kier molecular flexibility index (Phi) is 2.64. The van der Waals surface area contributed by atoms with Gasteiger partial charge >= 0.3 is 6.18 Å². The van der Waals surface area contributed by atoms with E-state index in [0.717, 1.165) is 6.07 Å². The Labute approximate surface area is 79.5 Å². The van der Waals surface area contributed by atoms with Crippen molar-refractivity contribution in [3.05, 3.63) is 34.9 Å². The average Bonchev–Trinajstić information content (AvgIpc) is 2.01. The molecule has 0 aromatic heterocycles. The van der Waals surface area contributed by atoms with Gasteiger partial charge in [0.15, 0.2) is 5.78 Å². The predicted octanol–water partition coefficient (Wildman–Crippen LogP) is 3.22. The third kappa shape index (κ3) is 2.13. The van der Waals surface area contributed by atoms with Crippen LogP contribution in [0.4, 0.5) is 13.2 Å². The molecular formula is C10H9F3O. The molecule has 0 aliphatic rings. The van der Waals surface area contributed by atoms with Crippen molar-refractivity contribution in [3.8, 4) is 0 Å². The molecule has 0 amide bonds. The first-order valence-electron chi connectivity index (χ1n) is 4.01. The molecule has 0 fully saturated rings. The summed E-state index contributed by atoms with van der Waals surface area (Å²) in [5, 5.41) is 0. The zero-order valence-electron chi connectivity index (χ0n) is 7.77. The summed E-state index contributed by atoms with van der Waals surface area (Å²) in [5.41, 5.74) is -0.316. The standard InChI is InChI=1S/C10H9F3O/c1-6-5-8(7(2)14)3-4-9(6)10(11,12)13/h3-5H,1-2H3. The number of rotatable bonds is 1. The molecule has 0 N–H and O–H groups in total. The van der Waals surface area contributed by atoms with E-state index in [1.807, 2.05) is 0 Å². The maximum absolute atomic E-state index is 12.3. The van der Waals surface area contributed by atoms with Crippen LogP contribution in [0.3, 0.4) is 0 Å². The van der Waals surface area contributed by atoms with Crippen molar-refractivity contribution in [3.63, 3.8) is 0 Å². The fourth-order valence-electron chi connectivity index (χ4n) is 1.20. The summed E-state index contributed by atoms with van der Waals surface area (Å²) in [6, 6.07) is 3.38. The van der Waals surface area contributed by atoms with Gasteiger partial charge in [-0.3, -0.25) is 4.79 Å². The van der Waals surface area contributed by atoms with Crippen molar-refractivity contribution in [2.24, 2.45) is 0 Å². The summed E-state index contributed by atoms with van der Waals surface area (Å²) >= 11 is 0. The summed E-state index contributed by atoms with van der Waals surface area (Å²) < 4.78 is 36.9. The van der Waals surface area contributed by atoms with Crippen LogP contribution in [0.1, 0.15) is 28.4 Å². The lowest BCUT2D eigenvalue weighted by Gasteiger charge is -2.10. The van der Waals surface area contributed by atoms with Crippen LogP contribution in [0.2, 0.25) is 0 Å². The molecule has 1 aromatic carbocycles. The second-order valence-electron chi connectivity index (χ2n) is 3.08. The van der Waals surface area contributed by atoms with Crippen LogP contribution in [0.15, 0.2) is 18.2 Å². The molecule has 0 aliphatic carbocycles. The molecule has 76 valence electrons. The lowest BCUT2D eigenvalue weighted by molar-refractivity contribution is -0.138. The smallest absolute Gasteiger partial charge is 0.295 e. The normalized spacial score (nSPS) is 11.5. The van der Waals surface area contributed by atoms with Gasteiger partial charge in [0.1, 0.15) is 0 Å². The van der Waals surface area contributed by atoms with Crippen molar-refractivity contribution in [1.29, 1.82) is 0 Å². The summed E-state index contributed by atoms with van der Waals surface area (Å²) in [6.45, 7) is 2.66. The minimum atomic E-state index is -4.35. The molecule has 4 heteroatoms. The van der Waals surface area contributed by atoms with Crippen molar-refractivity contribution in [2.75, 3.05) is 0 Å². The second-order valence-corrected chi connectivity index (χ2v) is 3.08. The van der Waals surface area contributed by atoms with Gasteiger partial charge in [-0.05, 0) is 31.5 Å². The first kappa shape index (κ1) is 10.8. The Balaban J connectivity index is 3.21. The van der Waals surface area contributed by atoms with E-state index >= 15 is 0 Å². The van der Waals surface area contributed by atoms with Crippen LogP contribution in [-0.4, -0.2) is 5.78 Å². The van der Waals surface area contributed by atoms with Gasteiger partial charge < -0.3 is 0 Å². The van der Waals surface area contributed by atoms with Crippen LogP contribution >= 0.6 is 0 Å². The number of halogens is 3.